The number of carbonyl (C=O) groups excluding carboxylic acids is 6. The van der Waals surface area contributed by atoms with Gasteiger partial charge in [0, 0.05) is 181 Å². The molecule has 26 rings (SSSR count). The van der Waals surface area contributed by atoms with E-state index in [0.717, 1.165) is 151 Å². The van der Waals surface area contributed by atoms with E-state index < -0.39 is 42.7 Å². The highest BCUT2D eigenvalue weighted by Crippen LogP contribution is 2.58. The highest BCUT2D eigenvalue weighted by Gasteiger charge is 2.56. The molecule has 18 aliphatic rings. The van der Waals surface area contributed by atoms with E-state index in [-0.39, 0.29) is 84.2 Å². The molecule has 9 unspecified atom stereocenters. The maximum Gasteiger partial charge on any atom is 0.418 e. The number of aromatic hydroxyl groups is 1. The molecule has 0 amide bonds. The number of rotatable bonds is 14. The number of carbonyl (C=O) groups is 6. The first-order valence-electron chi connectivity index (χ1n) is 51.6. The fourth-order valence-electron chi connectivity index (χ4n) is 28.1. The summed E-state index contributed by atoms with van der Waals surface area (Å²) in [4.78, 5) is 85.5. The molecule has 14 aliphatic heterocycles. The Morgan fingerprint density at radius 2 is 0.877 bits per heavy atom. The Balaban J connectivity index is 0.000000120. The normalized spacial score (nSPS) is 33.7. The highest BCUT2D eigenvalue weighted by molar-refractivity contribution is 9.09. The number of phenols is 1. The number of phenolic OH excluding ortho intramolecular Hbond substituents is 1. The van der Waals surface area contributed by atoms with Crippen molar-refractivity contribution < 1.29 is 96.9 Å². The molecule has 6 N–H and O–H groups in total. The van der Waals surface area contributed by atoms with E-state index in [4.69, 9.17) is 49.5 Å². The third kappa shape index (κ3) is 19.7. The number of esters is 2. The number of alkyl halides is 1. The summed E-state index contributed by atoms with van der Waals surface area (Å²) < 4.78 is 53.6. The van der Waals surface area contributed by atoms with Crippen molar-refractivity contribution in [3.63, 3.8) is 0 Å². The SMILES string of the molecule is CC(=O)OC[C@H]1O[C@@H](Br)[C@H](OC(C)=O)[C@@H](C)[C@@H]1C.CCOC(=O)Cl.CCOC(=O)n1c2c(c3cc(C)ccc31)CCN1C[C@H]3C[C@H](CC)C1[C@H]2C3.CCOC(=O)n1c2c(c3cc(O)ccc31)CCN1C[C@H]3C[C@H](CC)C1[C@H]2C3.CCOC(=O)n1c2c(c3cc(OC4O[C@H](CO)[C@@H](O)[C@H](O)[C@H]4O)ccc31)CCN1C[C@H]3C[C@H](CC)C1[C@H]2C3.CC[C@H]1C[C@H]2C[C@H]3c4[nH]c5ccc(C)cc5c4CCN(C2)C13. The third-order valence-corrected chi connectivity index (χ3v) is 34.6. The molecule has 16 bridgehead atoms. The second-order valence-electron chi connectivity index (χ2n) is 41.7. The monoisotopic (exact) mass is 1990 g/mol. The molecule has 4 aliphatic carbocycles. The molecule has 4 aromatic heterocycles. The number of hydrogen-bond acceptors (Lipinski definition) is 24. The number of benzene rings is 4. The molecule has 8 aromatic rings. The maximum absolute atomic E-state index is 13.4. The summed E-state index contributed by atoms with van der Waals surface area (Å²) in [7, 11) is 0. The Morgan fingerprint density at radius 3 is 1.30 bits per heavy atom. The predicted octanol–water partition coefficient (Wildman–Crippen LogP) is 17.9. The largest absolute Gasteiger partial charge is 0.508 e. The zero-order valence-corrected chi connectivity index (χ0v) is 85.2. The number of halogens is 2. The minimum atomic E-state index is -1.52. The van der Waals surface area contributed by atoms with E-state index in [9.17, 15) is 54.3 Å². The van der Waals surface area contributed by atoms with Gasteiger partial charge in [-0.25, -0.2) is 32.9 Å². The van der Waals surface area contributed by atoms with Crippen LogP contribution in [0.1, 0.15) is 240 Å². The number of aromatic amines is 1. The Kier molecular flexibility index (Phi) is 31.7. The van der Waals surface area contributed by atoms with E-state index in [1.807, 2.05) is 68.0 Å². The minimum Gasteiger partial charge on any atom is -0.508 e. The van der Waals surface area contributed by atoms with Crippen molar-refractivity contribution in [2.45, 2.75) is 295 Å². The Labute approximate surface area is 824 Å². The molecule has 752 valence electrons. The first kappa shape index (κ1) is 101. The number of aliphatic hydroxyl groups excluding tert-OH is 4. The van der Waals surface area contributed by atoms with Gasteiger partial charge in [-0.3, -0.25) is 29.2 Å². The minimum absolute atomic E-state index is 0.118. The summed E-state index contributed by atoms with van der Waals surface area (Å²) in [5.41, 5.74) is 16.4. The summed E-state index contributed by atoms with van der Waals surface area (Å²) in [5.74, 6) is 8.09. The van der Waals surface area contributed by atoms with Gasteiger partial charge in [-0.2, -0.15) is 0 Å². The van der Waals surface area contributed by atoms with Crippen LogP contribution in [0.25, 0.3) is 43.6 Å². The summed E-state index contributed by atoms with van der Waals surface area (Å²) in [6, 6.07) is 26.5. The van der Waals surface area contributed by atoms with E-state index in [1.54, 1.807) is 34.9 Å². The van der Waals surface area contributed by atoms with Crippen LogP contribution in [0, 0.1) is 73.0 Å². The lowest BCUT2D eigenvalue weighted by Crippen LogP contribution is -2.60. The van der Waals surface area contributed by atoms with Crippen molar-refractivity contribution in [2.75, 3.05) is 92.0 Å². The highest BCUT2D eigenvalue weighted by atomic mass is 79.9. The molecule has 138 heavy (non-hydrogen) atoms. The van der Waals surface area contributed by atoms with Crippen molar-refractivity contribution >= 4 is 107 Å². The van der Waals surface area contributed by atoms with E-state index in [2.05, 4.69) is 123 Å². The molecule has 30 atom stereocenters. The van der Waals surface area contributed by atoms with Crippen LogP contribution < -0.4 is 4.74 Å². The quantitative estimate of drug-likeness (QED) is 0.0255. The average molecular weight is 1990 g/mol. The summed E-state index contributed by atoms with van der Waals surface area (Å²) >= 11 is 8.08. The third-order valence-electron chi connectivity index (χ3n) is 33.8. The number of aromatic nitrogens is 4. The summed E-state index contributed by atoms with van der Waals surface area (Å²) in [6.07, 6.45) is 11.0. The van der Waals surface area contributed by atoms with E-state index in [0.29, 0.717) is 73.3 Å². The van der Waals surface area contributed by atoms with Gasteiger partial charge >= 0.3 is 35.6 Å². The van der Waals surface area contributed by atoms with Gasteiger partial charge in [-0.05, 0) is 255 Å². The lowest BCUT2D eigenvalue weighted by atomic mass is 9.65. The molecule has 10 saturated heterocycles. The van der Waals surface area contributed by atoms with Crippen molar-refractivity contribution in [2.24, 2.45) is 59.2 Å². The van der Waals surface area contributed by atoms with Gasteiger partial charge in [0.1, 0.15) is 53.6 Å². The van der Waals surface area contributed by atoms with Crippen LogP contribution in [0.4, 0.5) is 19.2 Å². The van der Waals surface area contributed by atoms with Crippen LogP contribution in [0.3, 0.4) is 0 Å². The fourth-order valence-corrected chi connectivity index (χ4v) is 29.0. The Morgan fingerprint density at radius 1 is 0.464 bits per heavy atom. The number of hydrogen-bond donors (Lipinski definition) is 6. The van der Waals surface area contributed by atoms with Gasteiger partial charge in [-0.15, -0.1) is 0 Å². The molecule has 30 heteroatoms. The number of ether oxygens (including phenoxy) is 9. The number of piperidine rings is 8. The molecular weight excluding hydrogens is 1840 g/mol. The van der Waals surface area contributed by atoms with Crippen LogP contribution >= 0.6 is 27.5 Å². The second kappa shape index (κ2) is 43.2. The molecule has 4 aromatic carbocycles. The summed E-state index contributed by atoms with van der Waals surface area (Å²) in [6.45, 7) is 38.0. The van der Waals surface area contributed by atoms with Gasteiger partial charge in [0.05, 0.1) is 55.7 Å². The van der Waals surface area contributed by atoms with Crippen molar-refractivity contribution in [1.82, 2.24) is 38.3 Å². The number of nitrogens with one attached hydrogen (secondary N) is 1. The lowest BCUT2D eigenvalue weighted by Gasteiger charge is -2.53. The van der Waals surface area contributed by atoms with Gasteiger partial charge in [0.25, 0.3) is 0 Å². The maximum atomic E-state index is 13.4. The van der Waals surface area contributed by atoms with Gasteiger partial charge in [0.15, 0.2) is 0 Å². The predicted molar refractivity (Wildman–Crippen MR) is 531 cm³/mol. The molecular formula is C108H146BrClN8O20. The van der Waals surface area contributed by atoms with E-state index in [1.165, 1.54) is 148 Å². The zero-order valence-electron chi connectivity index (χ0n) is 82.9. The molecule has 18 heterocycles. The molecule has 0 spiro atoms. The number of H-pyrrole nitrogens is 1. The Bertz CT molecular complexity index is 5580. The summed E-state index contributed by atoms with van der Waals surface area (Å²) in [5, 5.41) is 54.6. The Hall–Kier alpha value is -8.17. The lowest BCUT2D eigenvalue weighted by molar-refractivity contribution is -0.277. The zero-order chi connectivity index (χ0) is 97.8. The number of aryl methyl sites for hydroxylation is 2. The number of aliphatic hydroxyl groups is 4. The van der Waals surface area contributed by atoms with Crippen LogP contribution in [-0.2, 0) is 73.2 Å². The molecule has 14 fully saturated rings. The molecule has 0 radical (unpaired) electrons. The van der Waals surface area contributed by atoms with Gasteiger partial charge < -0.3 is 73.1 Å². The van der Waals surface area contributed by atoms with E-state index >= 15 is 0 Å². The smallest absolute Gasteiger partial charge is 0.418 e. The first-order valence-corrected chi connectivity index (χ1v) is 52.9. The van der Waals surface area contributed by atoms with Gasteiger partial charge in [0.2, 0.25) is 6.29 Å². The van der Waals surface area contributed by atoms with Crippen LogP contribution in [-0.4, -0.2) is 264 Å². The van der Waals surface area contributed by atoms with Crippen molar-refractivity contribution in [1.29, 1.82) is 0 Å². The average Bonchev–Trinajstić information content (AvgIpc) is 1.57. The fraction of sp³-hybridized carbons (Fsp3) is 0.648. The first-order chi connectivity index (χ1) is 66.4. The van der Waals surface area contributed by atoms with Crippen LogP contribution in [0.15, 0.2) is 72.8 Å². The van der Waals surface area contributed by atoms with Crippen molar-refractivity contribution in [3.05, 3.63) is 129 Å². The number of nitrogens with zero attached hydrogens (tertiary/aromatic N) is 7. The standard InChI is InChI=1S/C28H38N2O8.C23H30N2O2.C22H28N2O3.C20H26N2.C12H19BrO5.C3H5ClO2/c1-3-15-9-14-10-19-22(15)29(12-14)8-7-17-18-11-16(5-6-20(18)30(23(17)19)28(35)36-4-2)37-27-26(34)25(33)24(32)21(13-31)38-27;1-4-16-11-15-12-19-21(16)24(13-15)9-8-17-18-10-14(3)6-7-20(18)25(22(17)19)23(26)27-5-2;1-3-14-9-13-10-18-20(14)23(12-13)8-7-16-17-11-15(25)5-6-19(17)24(21(16)18)22(26)27-4-2;1-3-14-9-13-10-17-19-15(6-7-22(11-13)20(14)17)16-8-12(2)4-5-18(16)21-19;1-6-7(2)11(17-9(4)15)12(13)18-10(6)5-16-8(3)14;1-2-6-3(4)5/h5-6,11,14-15,19,21-22,24-27,31-34H,3-4,7-10,12-13H2,1-2H3;6-7,10,15-16,19,21H,4-5,8-9,11-13H2,1-3H3;5-6,11,13-14,18,20,25H,3-4,7-10,12H2,1-2H3;4-5,8,13-14,17,20-21H,3,6-7,9-11H2,1-2H3;6-7,10-12H,5H2,1-4H3;2H2,1H3/t14-,15-,19+,21+,22?,24+,25-,26+,27?;15-,16-,19+,21?;13-,14-,18+,20?;13-,14-,17-,20?;6-,7-,10+,11+,12+;/m00000./s1. The van der Waals surface area contributed by atoms with Crippen LogP contribution in [0.5, 0.6) is 11.5 Å². The number of fused-ring (bicyclic) bond motifs is 16. The molecule has 4 saturated carbocycles. The van der Waals surface area contributed by atoms with Crippen LogP contribution in [0.2, 0.25) is 0 Å². The van der Waals surface area contributed by atoms with Crippen molar-refractivity contribution in [3.8, 4) is 11.5 Å². The second-order valence-corrected chi connectivity index (χ2v) is 42.9. The molecule has 28 nitrogen and oxygen atoms in total. The van der Waals surface area contributed by atoms with Gasteiger partial charge in [-0.1, -0.05) is 106 Å². The topological polar surface area (TPSA) is 330 Å².